The van der Waals surface area contributed by atoms with Gasteiger partial charge in [-0.1, -0.05) is 104 Å². The van der Waals surface area contributed by atoms with Gasteiger partial charge in [0.05, 0.1) is 6.10 Å². The Morgan fingerprint density at radius 1 is 0.708 bits per heavy atom. The summed E-state index contributed by atoms with van der Waals surface area (Å²) in [6.45, 7) is 2.22. The first-order valence-electron chi connectivity index (χ1n) is 8.58. The largest absolute Gasteiger partial charge is 0.400 e. The number of rotatable bonds is 7. The second-order valence-electron chi connectivity index (χ2n) is 5.87. The Morgan fingerprint density at radius 3 is 1.62 bits per heavy atom. The average molecular weight is 332 g/mol. The van der Waals surface area contributed by atoms with Gasteiger partial charge in [-0.15, -0.1) is 0 Å². The van der Waals surface area contributed by atoms with E-state index in [9.17, 15) is 0 Å². The highest BCUT2D eigenvalue weighted by Gasteiger charge is 2.24. The van der Waals surface area contributed by atoms with Gasteiger partial charge < -0.3 is 4.43 Å². The highest BCUT2D eigenvalue weighted by atomic mass is 28.3. The molecule has 2 heteroatoms. The smallest absolute Gasteiger partial charge is 0.283 e. The molecule has 0 amide bonds. The molecule has 1 radical (unpaired) electrons. The van der Waals surface area contributed by atoms with E-state index in [2.05, 4.69) is 97.9 Å². The summed E-state index contributed by atoms with van der Waals surface area (Å²) in [5, 5.41) is 2.59. The van der Waals surface area contributed by atoms with E-state index in [-0.39, 0.29) is 6.10 Å². The summed E-state index contributed by atoms with van der Waals surface area (Å²) in [4.78, 5) is 0. The molecule has 0 aromatic heterocycles. The third kappa shape index (κ3) is 4.22. The average Bonchev–Trinajstić information content (AvgIpc) is 2.67. The molecule has 3 aromatic carbocycles. The molecule has 0 N–H and O–H groups in total. The van der Waals surface area contributed by atoms with Crippen LogP contribution in [0, 0.1) is 0 Å². The predicted molar refractivity (Wildman–Crippen MR) is 103 cm³/mol. The van der Waals surface area contributed by atoms with Crippen molar-refractivity contribution in [3.63, 3.8) is 0 Å². The minimum Gasteiger partial charge on any atom is -0.400 e. The summed E-state index contributed by atoms with van der Waals surface area (Å²) in [5.41, 5.74) is 1.27. The van der Waals surface area contributed by atoms with Gasteiger partial charge in [0.2, 0.25) is 0 Å². The van der Waals surface area contributed by atoms with Crippen LogP contribution in [-0.4, -0.2) is 9.04 Å². The summed E-state index contributed by atoms with van der Waals surface area (Å²) in [7, 11) is -1.27. The lowest BCUT2D eigenvalue weighted by atomic mass is 10.1. The van der Waals surface area contributed by atoms with E-state index in [1.165, 1.54) is 15.9 Å². The molecule has 3 rings (SSSR count). The van der Waals surface area contributed by atoms with Crippen LogP contribution in [0.2, 0.25) is 0 Å². The molecule has 0 aliphatic carbocycles. The van der Waals surface area contributed by atoms with E-state index in [1.807, 2.05) is 0 Å². The second-order valence-corrected chi connectivity index (χ2v) is 7.92. The van der Waals surface area contributed by atoms with Crippen molar-refractivity contribution in [3.05, 3.63) is 96.6 Å². The molecule has 0 aliphatic heterocycles. The minimum atomic E-state index is -1.27. The van der Waals surface area contributed by atoms with Crippen molar-refractivity contribution in [1.29, 1.82) is 0 Å². The molecule has 0 aliphatic rings. The van der Waals surface area contributed by atoms with Crippen molar-refractivity contribution in [3.8, 4) is 0 Å². The summed E-state index contributed by atoms with van der Waals surface area (Å²) in [5.74, 6) is 0. The van der Waals surface area contributed by atoms with E-state index in [1.54, 1.807) is 0 Å². The third-order valence-electron chi connectivity index (χ3n) is 4.05. The van der Waals surface area contributed by atoms with Crippen molar-refractivity contribution in [1.82, 2.24) is 0 Å². The van der Waals surface area contributed by atoms with Gasteiger partial charge in [0.25, 0.3) is 9.04 Å². The fraction of sp³-hybridized carbons (Fsp3) is 0.182. The molecule has 1 atom stereocenters. The number of hydrogen-bond acceptors (Lipinski definition) is 1. The zero-order chi connectivity index (χ0) is 16.6. The molecule has 121 valence electrons. The van der Waals surface area contributed by atoms with Crippen LogP contribution in [0.4, 0.5) is 0 Å². The van der Waals surface area contributed by atoms with Gasteiger partial charge >= 0.3 is 0 Å². The Morgan fingerprint density at radius 2 is 1.17 bits per heavy atom. The topological polar surface area (TPSA) is 9.23 Å². The summed E-state index contributed by atoms with van der Waals surface area (Å²) >= 11 is 0. The van der Waals surface area contributed by atoms with E-state index < -0.39 is 9.04 Å². The fourth-order valence-electron chi connectivity index (χ4n) is 2.85. The standard InChI is InChI=1S/C22H23OSi/c1-2-12-22(19-13-6-3-7-14-19)23-24(20-15-8-4-9-16-20)21-17-10-5-11-18-21/h3-11,13-18,22H,2,12H2,1H3/t22-/m1/s1. The lowest BCUT2D eigenvalue weighted by Gasteiger charge is -2.24. The molecular weight excluding hydrogens is 308 g/mol. The van der Waals surface area contributed by atoms with Gasteiger partial charge in [-0.3, -0.25) is 0 Å². The molecule has 0 bridgehead atoms. The molecule has 0 saturated carbocycles. The maximum atomic E-state index is 6.75. The molecule has 0 fully saturated rings. The lowest BCUT2D eigenvalue weighted by molar-refractivity contribution is 0.201. The number of hydrogen-bond donors (Lipinski definition) is 0. The fourth-order valence-corrected chi connectivity index (χ4v) is 4.98. The molecule has 3 aromatic rings. The first kappa shape index (κ1) is 16.7. The first-order valence-corrected chi connectivity index (χ1v) is 9.98. The van der Waals surface area contributed by atoms with Crippen molar-refractivity contribution in [2.45, 2.75) is 25.9 Å². The number of benzene rings is 3. The van der Waals surface area contributed by atoms with Gasteiger partial charge in [-0.25, -0.2) is 0 Å². The highest BCUT2D eigenvalue weighted by Crippen LogP contribution is 2.23. The van der Waals surface area contributed by atoms with Gasteiger partial charge in [0.1, 0.15) is 0 Å². The Hall–Kier alpha value is -2.16. The predicted octanol–water partition coefficient (Wildman–Crippen LogP) is 4.35. The first-order chi connectivity index (χ1) is 11.9. The normalized spacial score (nSPS) is 12.2. The van der Waals surface area contributed by atoms with Crippen molar-refractivity contribution in [2.75, 3.05) is 0 Å². The van der Waals surface area contributed by atoms with Gasteiger partial charge in [0, 0.05) is 0 Å². The van der Waals surface area contributed by atoms with Crippen molar-refractivity contribution >= 4 is 19.4 Å². The second kappa shape index (κ2) is 8.62. The monoisotopic (exact) mass is 331 g/mol. The maximum absolute atomic E-state index is 6.75. The van der Waals surface area contributed by atoms with Crippen LogP contribution in [0.1, 0.15) is 31.4 Å². The van der Waals surface area contributed by atoms with Crippen LogP contribution in [0.5, 0.6) is 0 Å². The third-order valence-corrected chi connectivity index (χ3v) is 6.29. The van der Waals surface area contributed by atoms with Crippen LogP contribution in [-0.2, 0) is 4.43 Å². The maximum Gasteiger partial charge on any atom is 0.283 e. The minimum absolute atomic E-state index is 0.144. The van der Waals surface area contributed by atoms with E-state index in [4.69, 9.17) is 4.43 Å². The molecular formula is C22H23OSi. The van der Waals surface area contributed by atoms with Crippen LogP contribution in [0.3, 0.4) is 0 Å². The highest BCUT2D eigenvalue weighted by molar-refractivity contribution is 6.80. The van der Waals surface area contributed by atoms with Crippen molar-refractivity contribution < 1.29 is 4.43 Å². The summed E-state index contributed by atoms with van der Waals surface area (Å²) in [6, 6.07) is 31.9. The Labute approximate surface area is 146 Å². The molecule has 0 unspecified atom stereocenters. The lowest BCUT2D eigenvalue weighted by Crippen LogP contribution is -2.45. The zero-order valence-corrected chi connectivity index (χ0v) is 15.1. The zero-order valence-electron chi connectivity index (χ0n) is 14.1. The summed E-state index contributed by atoms with van der Waals surface area (Å²) in [6.07, 6.45) is 2.29. The van der Waals surface area contributed by atoms with Crippen molar-refractivity contribution in [2.24, 2.45) is 0 Å². The van der Waals surface area contributed by atoms with Crippen LogP contribution >= 0.6 is 0 Å². The van der Waals surface area contributed by atoms with Gasteiger partial charge in [-0.05, 0) is 22.4 Å². The van der Waals surface area contributed by atoms with E-state index in [0.717, 1.165) is 12.8 Å². The SMILES string of the molecule is CCC[C@@H](O[Si](c1ccccc1)c1ccccc1)c1ccccc1. The molecule has 0 spiro atoms. The molecule has 0 saturated heterocycles. The van der Waals surface area contributed by atoms with Crippen LogP contribution < -0.4 is 10.4 Å². The van der Waals surface area contributed by atoms with Crippen LogP contribution in [0.15, 0.2) is 91.0 Å². The quantitative estimate of drug-likeness (QED) is 0.585. The Balaban J connectivity index is 1.93. The van der Waals surface area contributed by atoms with E-state index in [0.29, 0.717) is 0 Å². The van der Waals surface area contributed by atoms with Crippen LogP contribution in [0.25, 0.3) is 0 Å². The molecule has 1 nitrogen and oxygen atoms in total. The molecule has 0 heterocycles. The Kier molecular flexibility index (Phi) is 5.99. The van der Waals surface area contributed by atoms with E-state index >= 15 is 0 Å². The van der Waals surface area contributed by atoms with Gasteiger partial charge in [0.15, 0.2) is 0 Å². The Bertz CT molecular complexity index is 673. The van der Waals surface area contributed by atoms with Gasteiger partial charge in [-0.2, -0.15) is 0 Å². The molecule has 24 heavy (non-hydrogen) atoms. The summed E-state index contributed by atoms with van der Waals surface area (Å²) < 4.78 is 6.75.